The fourth-order valence-corrected chi connectivity index (χ4v) is 2.33. The smallest absolute Gasteiger partial charge is 0.224 e. The highest BCUT2D eigenvalue weighted by molar-refractivity contribution is 5.78. The Kier molecular flexibility index (Phi) is 5.87. The zero-order valence-electron chi connectivity index (χ0n) is 12.2. The van der Waals surface area contributed by atoms with Crippen LogP contribution in [0.4, 0.5) is 0 Å². The number of rotatable bonds is 6. The second-order valence-electron chi connectivity index (χ2n) is 5.35. The van der Waals surface area contributed by atoms with E-state index < -0.39 is 0 Å². The molecule has 4 heteroatoms. The van der Waals surface area contributed by atoms with Gasteiger partial charge in [0.1, 0.15) is 5.75 Å². The van der Waals surface area contributed by atoms with E-state index in [-0.39, 0.29) is 11.8 Å². The van der Waals surface area contributed by atoms with Crippen molar-refractivity contribution >= 4 is 5.91 Å². The number of nitrogens with one attached hydrogen (secondary N) is 2. The maximum Gasteiger partial charge on any atom is 0.224 e. The molecule has 1 aliphatic heterocycles. The summed E-state index contributed by atoms with van der Waals surface area (Å²) in [6.45, 7) is 5.22. The molecule has 4 nitrogen and oxygen atoms in total. The van der Waals surface area contributed by atoms with Crippen molar-refractivity contribution in [2.45, 2.75) is 26.2 Å². The lowest BCUT2D eigenvalue weighted by Gasteiger charge is -2.21. The van der Waals surface area contributed by atoms with Crippen LogP contribution in [0.5, 0.6) is 5.75 Å². The van der Waals surface area contributed by atoms with Gasteiger partial charge in [-0.25, -0.2) is 0 Å². The first-order valence-corrected chi connectivity index (χ1v) is 7.43. The van der Waals surface area contributed by atoms with Gasteiger partial charge in [-0.15, -0.1) is 0 Å². The molecule has 2 rings (SSSR count). The molecule has 0 aromatic heterocycles. The fourth-order valence-electron chi connectivity index (χ4n) is 2.33. The van der Waals surface area contributed by atoms with E-state index >= 15 is 0 Å². The Hall–Kier alpha value is -1.55. The Balaban J connectivity index is 1.57. The minimum atomic E-state index is 0.141. The number of carbonyl (C=O) groups is 1. The summed E-state index contributed by atoms with van der Waals surface area (Å²) in [6, 6.07) is 8.02. The summed E-state index contributed by atoms with van der Waals surface area (Å²) < 4.78 is 5.62. The Morgan fingerprint density at radius 3 is 2.90 bits per heavy atom. The molecular weight excluding hydrogens is 252 g/mol. The number of carbonyl (C=O) groups excluding carboxylic acids is 1. The predicted molar refractivity (Wildman–Crippen MR) is 79.9 cm³/mol. The lowest BCUT2D eigenvalue weighted by atomic mass is 9.99. The molecule has 1 aliphatic rings. The summed E-state index contributed by atoms with van der Waals surface area (Å²) in [5.74, 6) is 1.20. The molecule has 20 heavy (non-hydrogen) atoms. The van der Waals surface area contributed by atoms with Crippen LogP contribution in [0.2, 0.25) is 0 Å². The number of aryl methyl sites for hydroxylation is 1. The maximum absolute atomic E-state index is 11.9. The summed E-state index contributed by atoms with van der Waals surface area (Å²) in [5.41, 5.74) is 1.23. The average Bonchev–Trinajstić information content (AvgIpc) is 2.49. The van der Waals surface area contributed by atoms with Gasteiger partial charge in [0.25, 0.3) is 0 Å². The first-order chi connectivity index (χ1) is 9.75. The van der Waals surface area contributed by atoms with Gasteiger partial charge in [-0.3, -0.25) is 4.79 Å². The molecule has 1 atom stereocenters. The highest BCUT2D eigenvalue weighted by atomic mass is 16.5. The number of benzene rings is 1. The average molecular weight is 276 g/mol. The van der Waals surface area contributed by atoms with Gasteiger partial charge in [0.05, 0.1) is 12.5 Å². The van der Waals surface area contributed by atoms with E-state index in [1.807, 2.05) is 24.3 Å². The Bertz CT molecular complexity index is 411. The van der Waals surface area contributed by atoms with Crippen molar-refractivity contribution in [3.8, 4) is 5.75 Å². The van der Waals surface area contributed by atoms with Crippen LogP contribution in [0.1, 0.15) is 24.8 Å². The molecule has 0 saturated carbocycles. The molecule has 1 aromatic rings. The topological polar surface area (TPSA) is 50.4 Å². The van der Waals surface area contributed by atoms with Crippen LogP contribution in [0.15, 0.2) is 24.3 Å². The molecule has 0 bridgehead atoms. The second kappa shape index (κ2) is 7.90. The van der Waals surface area contributed by atoms with Crippen molar-refractivity contribution in [2.75, 3.05) is 26.2 Å². The molecule has 1 aromatic carbocycles. The Labute approximate surface area is 120 Å². The molecule has 1 heterocycles. The zero-order chi connectivity index (χ0) is 14.2. The normalized spacial score (nSPS) is 18.6. The van der Waals surface area contributed by atoms with Crippen LogP contribution in [0.3, 0.4) is 0 Å². The molecule has 2 N–H and O–H groups in total. The van der Waals surface area contributed by atoms with E-state index in [1.54, 1.807) is 0 Å². The van der Waals surface area contributed by atoms with Gasteiger partial charge >= 0.3 is 0 Å². The minimum absolute atomic E-state index is 0.141. The fraction of sp³-hybridized carbons (Fsp3) is 0.562. The van der Waals surface area contributed by atoms with Crippen molar-refractivity contribution in [3.05, 3.63) is 29.8 Å². The highest BCUT2D eigenvalue weighted by Gasteiger charge is 2.19. The maximum atomic E-state index is 11.9. The van der Waals surface area contributed by atoms with Crippen molar-refractivity contribution in [3.63, 3.8) is 0 Å². The third-order valence-electron chi connectivity index (χ3n) is 3.58. The van der Waals surface area contributed by atoms with Crippen LogP contribution >= 0.6 is 0 Å². The van der Waals surface area contributed by atoms with Crippen molar-refractivity contribution in [2.24, 2.45) is 5.92 Å². The van der Waals surface area contributed by atoms with Crippen molar-refractivity contribution in [1.82, 2.24) is 10.6 Å². The van der Waals surface area contributed by atoms with Gasteiger partial charge < -0.3 is 15.4 Å². The van der Waals surface area contributed by atoms with E-state index in [1.165, 1.54) is 5.56 Å². The third kappa shape index (κ3) is 4.85. The van der Waals surface area contributed by atoms with Gasteiger partial charge in [0, 0.05) is 13.1 Å². The van der Waals surface area contributed by atoms with E-state index in [2.05, 4.69) is 17.6 Å². The first kappa shape index (κ1) is 14.9. The SMILES string of the molecule is Cc1ccc(OCCCNC(=O)C2CCCNC2)cc1. The van der Waals surface area contributed by atoms with E-state index in [0.717, 1.165) is 38.1 Å². The largest absolute Gasteiger partial charge is 0.494 e. The summed E-state index contributed by atoms with van der Waals surface area (Å²) in [4.78, 5) is 11.9. The molecule has 0 radical (unpaired) electrons. The highest BCUT2D eigenvalue weighted by Crippen LogP contribution is 2.11. The Morgan fingerprint density at radius 1 is 1.40 bits per heavy atom. The van der Waals surface area contributed by atoms with Crippen LogP contribution in [0, 0.1) is 12.8 Å². The zero-order valence-corrected chi connectivity index (χ0v) is 12.2. The monoisotopic (exact) mass is 276 g/mol. The molecule has 1 amide bonds. The van der Waals surface area contributed by atoms with Gasteiger partial charge in [-0.2, -0.15) is 0 Å². The minimum Gasteiger partial charge on any atom is -0.494 e. The van der Waals surface area contributed by atoms with Crippen molar-refractivity contribution < 1.29 is 9.53 Å². The summed E-state index contributed by atoms with van der Waals surface area (Å²) in [6.07, 6.45) is 2.92. The third-order valence-corrected chi connectivity index (χ3v) is 3.58. The second-order valence-corrected chi connectivity index (χ2v) is 5.35. The lowest BCUT2D eigenvalue weighted by molar-refractivity contribution is -0.125. The first-order valence-electron chi connectivity index (χ1n) is 7.43. The molecular formula is C16H24N2O2. The molecule has 1 unspecified atom stereocenters. The van der Waals surface area contributed by atoms with Gasteiger partial charge in [0.2, 0.25) is 5.91 Å². The van der Waals surface area contributed by atoms with Crippen LogP contribution < -0.4 is 15.4 Å². The Morgan fingerprint density at radius 2 is 2.20 bits per heavy atom. The molecule has 1 fully saturated rings. The number of piperidine rings is 1. The summed E-state index contributed by atoms with van der Waals surface area (Å²) in [7, 11) is 0. The summed E-state index contributed by atoms with van der Waals surface area (Å²) >= 11 is 0. The number of amides is 1. The quantitative estimate of drug-likeness (QED) is 0.780. The van der Waals surface area contributed by atoms with Crippen LogP contribution in [-0.4, -0.2) is 32.1 Å². The lowest BCUT2D eigenvalue weighted by Crippen LogP contribution is -2.40. The number of hydrogen-bond acceptors (Lipinski definition) is 3. The van der Waals surface area contributed by atoms with Crippen LogP contribution in [0.25, 0.3) is 0 Å². The van der Waals surface area contributed by atoms with E-state index in [9.17, 15) is 4.79 Å². The number of ether oxygens (including phenoxy) is 1. The van der Waals surface area contributed by atoms with Gasteiger partial charge in [-0.1, -0.05) is 17.7 Å². The number of hydrogen-bond donors (Lipinski definition) is 2. The van der Waals surface area contributed by atoms with E-state index in [0.29, 0.717) is 13.2 Å². The van der Waals surface area contributed by atoms with Gasteiger partial charge in [-0.05, 0) is 44.9 Å². The summed E-state index contributed by atoms with van der Waals surface area (Å²) in [5, 5.41) is 6.25. The van der Waals surface area contributed by atoms with E-state index in [4.69, 9.17) is 4.74 Å². The van der Waals surface area contributed by atoms with Crippen molar-refractivity contribution in [1.29, 1.82) is 0 Å². The molecule has 0 spiro atoms. The molecule has 110 valence electrons. The predicted octanol–water partition coefficient (Wildman–Crippen LogP) is 1.88. The molecule has 1 saturated heterocycles. The molecule has 0 aliphatic carbocycles. The van der Waals surface area contributed by atoms with Crippen LogP contribution in [-0.2, 0) is 4.79 Å². The standard InChI is InChI=1S/C16H24N2O2/c1-13-5-7-15(8-6-13)20-11-3-10-18-16(19)14-4-2-9-17-12-14/h5-8,14,17H,2-4,9-12H2,1H3,(H,18,19). The van der Waals surface area contributed by atoms with Gasteiger partial charge in [0.15, 0.2) is 0 Å².